The Bertz CT molecular complexity index is 456. The predicted molar refractivity (Wildman–Crippen MR) is 70.8 cm³/mol. The largest absolute Gasteiger partial charge is 0.382 e. The van der Waals surface area contributed by atoms with Gasteiger partial charge in [-0.3, -0.25) is 0 Å². The highest BCUT2D eigenvalue weighted by atomic mass is 19.1. The summed E-state index contributed by atoms with van der Waals surface area (Å²) in [6, 6.07) is 6.54. The SMILES string of the molecule is CCC1(CNc2ccc(C#N)cc2F)CCCC1. The summed E-state index contributed by atoms with van der Waals surface area (Å²) in [6.45, 7) is 3.04. The summed E-state index contributed by atoms with van der Waals surface area (Å²) in [5.41, 5.74) is 1.21. The van der Waals surface area contributed by atoms with Crippen molar-refractivity contribution in [2.45, 2.75) is 39.0 Å². The lowest BCUT2D eigenvalue weighted by molar-refractivity contribution is 0.306. The van der Waals surface area contributed by atoms with Gasteiger partial charge in [-0.05, 0) is 42.9 Å². The smallest absolute Gasteiger partial charge is 0.147 e. The van der Waals surface area contributed by atoms with Crippen LogP contribution in [0.1, 0.15) is 44.6 Å². The molecule has 0 atom stereocenters. The van der Waals surface area contributed by atoms with Gasteiger partial charge in [-0.2, -0.15) is 5.26 Å². The average molecular weight is 246 g/mol. The van der Waals surface area contributed by atoms with Crippen molar-refractivity contribution in [1.82, 2.24) is 0 Å². The quantitative estimate of drug-likeness (QED) is 0.868. The number of nitriles is 1. The maximum Gasteiger partial charge on any atom is 0.147 e. The Morgan fingerprint density at radius 2 is 2.11 bits per heavy atom. The van der Waals surface area contributed by atoms with E-state index in [4.69, 9.17) is 5.26 Å². The molecule has 0 spiro atoms. The summed E-state index contributed by atoms with van der Waals surface area (Å²) >= 11 is 0. The molecule has 1 aliphatic rings. The van der Waals surface area contributed by atoms with Crippen LogP contribution in [-0.4, -0.2) is 6.54 Å². The van der Waals surface area contributed by atoms with Crippen LogP contribution in [0, 0.1) is 22.6 Å². The number of benzene rings is 1. The summed E-state index contributed by atoms with van der Waals surface area (Å²) in [7, 11) is 0. The van der Waals surface area contributed by atoms with E-state index in [1.54, 1.807) is 12.1 Å². The zero-order valence-electron chi connectivity index (χ0n) is 10.8. The number of nitrogens with zero attached hydrogens (tertiary/aromatic N) is 1. The molecule has 18 heavy (non-hydrogen) atoms. The normalized spacial score (nSPS) is 17.4. The number of halogens is 1. The molecular weight excluding hydrogens is 227 g/mol. The van der Waals surface area contributed by atoms with Crippen molar-refractivity contribution in [2.24, 2.45) is 5.41 Å². The van der Waals surface area contributed by atoms with Crippen LogP contribution in [0.3, 0.4) is 0 Å². The van der Waals surface area contributed by atoms with Gasteiger partial charge in [-0.1, -0.05) is 19.8 Å². The van der Waals surface area contributed by atoms with E-state index in [9.17, 15) is 4.39 Å². The second kappa shape index (κ2) is 5.39. The maximum absolute atomic E-state index is 13.7. The average Bonchev–Trinajstić information content (AvgIpc) is 2.86. The number of nitrogens with one attached hydrogen (secondary N) is 1. The fourth-order valence-electron chi connectivity index (χ4n) is 2.79. The van der Waals surface area contributed by atoms with E-state index in [0.717, 1.165) is 13.0 Å². The van der Waals surface area contributed by atoms with Gasteiger partial charge < -0.3 is 5.32 Å². The van der Waals surface area contributed by atoms with Gasteiger partial charge >= 0.3 is 0 Å². The third-order valence-electron chi connectivity index (χ3n) is 4.17. The molecule has 0 saturated heterocycles. The molecule has 3 heteroatoms. The van der Waals surface area contributed by atoms with Gasteiger partial charge in [0.15, 0.2) is 0 Å². The van der Waals surface area contributed by atoms with E-state index in [0.29, 0.717) is 16.7 Å². The molecule has 1 aliphatic carbocycles. The fourth-order valence-corrected chi connectivity index (χ4v) is 2.79. The standard InChI is InChI=1S/C15H19FN2/c1-2-15(7-3-4-8-15)11-18-14-6-5-12(10-17)9-13(14)16/h5-6,9,18H,2-4,7-8,11H2,1H3. The third-order valence-corrected chi connectivity index (χ3v) is 4.17. The molecule has 2 nitrogen and oxygen atoms in total. The second-order valence-electron chi connectivity index (χ2n) is 5.22. The van der Waals surface area contributed by atoms with Gasteiger partial charge in [0.05, 0.1) is 17.3 Å². The first-order valence-electron chi connectivity index (χ1n) is 6.63. The zero-order valence-corrected chi connectivity index (χ0v) is 10.8. The van der Waals surface area contributed by atoms with Crippen molar-refractivity contribution < 1.29 is 4.39 Å². The Morgan fingerprint density at radius 1 is 1.39 bits per heavy atom. The summed E-state index contributed by atoms with van der Waals surface area (Å²) in [5, 5.41) is 11.9. The van der Waals surface area contributed by atoms with Crippen LogP contribution in [0.2, 0.25) is 0 Å². The van der Waals surface area contributed by atoms with Gasteiger partial charge in [0.2, 0.25) is 0 Å². The second-order valence-corrected chi connectivity index (χ2v) is 5.22. The van der Waals surface area contributed by atoms with Crippen LogP contribution in [0.4, 0.5) is 10.1 Å². The van der Waals surface area contributed by atoms with E-state index < -0.39 is 0 Å². The predicted octanol–water partition coefficient (Wildman–Crippen LogP) is 4.08. The first kappa shape index (κ1) is 12.9. The topological polar surface area (TPSA) is 35.8 Å². The van der Waals surface area contributed by atoms with Gasteiger partial charge in [-0.15, -0.1) is 0 Å². The van der Waals surface area contributed by atoms with Crippen molar-refractivity contribution in [2.75, 3.05) is 11.9 Å². The van der Waals surface area contributed by atoms with E-state index in [1.165, 1.54) is 31.7 Å². The number of rotatable bonds is 4. The lowest BCUT2D eigenvalue weighted by Crippen LogP contribution is -2.26. The highest BCUT2D eigenvalue weighted by Gasteiger charge is 2.31. The van der Waals surface area contributed by atoms with Crippen molar-refractivity contribution >= 4 is 5.69 Å². The molecular formula is C15H19FN2. The molecule has 0 heterocycles. The number of hydrogen-bond donors (Lipinski definition) is 1. The highest BCUT2D eigenvalue weighted by Crippen LogP contribution is 2.41. The number of anilines is 1. The molecule has 1 aromatic carbocycles. The Hall–Kier alpha value is -1.56. The zero-order chi connectivity index (χ0) is 13.0. The Labute approximate surface area is 108 Å². The molecule has 0 radical (unpaired) electrons. The summed E-state index contributed by atoms with van der Waals surface area (Å²) in [6.07, 6.45) is 6.16. The van der Waals surface area contributed by atoms with Crippen LogP contribution in [-0.2, 0) is 0 Å². The molecule has 1 N–H and O–H groups in total. The van der Waals surface area contributed by atoms with Crippen molar-refractivity contribution in [1.29, 1.82) is 5.26 Å². The molecule has 0 bridgehead atoms. The minimum atomic E-state index is -0.335. The van der Waals surface area contributed by atoms with Crippen LogP contribution in [0.15, 0.2) is 18.2 Å². The summed E-state index contributed by atoms with van der Waals surface area (Å²) in [5.74, 6) is -0.335. The molecule has 1 aromatic rings. The monoisotopic (exact) mass is 246 g/mol. The van der Waals surface area contributed by atoms with Crippen LogP contribution in [0.25, 0.3) is 0 Å². The van der Waals surface area contributed by atoms with Gasteiger partial charge in [-0.25, -0.2) is 4.39 Å². The Morgan fingerprint density at radius 3 is 2.67 bits per heavy atom. The first-order valence-corrected chi connectivity index (χ1v) is 6.63. The lowest BCUT2D eigenvalue weighted by atomic mass is 9.83. The summed E-state index contributed by atoms with van der Waals surface area (Å²) in [4.78, 5) is 0. The Kier molecular flexibility index (Phi) is 3.86. The van der Waals surface area contributed by atoms with Crippen LogP contribution < -0.4 is 5.32 Å². The molecule has 0 amide bonds. The molecule has 96 valence electrons. The molecule has 0 unspecified atom stereocenters. The van der Waals surface area contributed by atoms with E-state index in [1.807, 2.05) is 6.07 Å². The Balaban J connectivity index is 2.04. The summed E-state index contributed by atoms with van der Waals surface area (Å²) < 4.78 is 13.7. The molecule has 1 saturated carbocycles. The van der Waals surface area contributed by atoms with E-state index >= 15 is 0 Å². The number of hydrogen-bond acceptors (Lipinski definition) is 2. The van der Waals surface area contributed by atoms with Crippen molar-refractivity contribution in [3.63, 3.8) is 0 Å². The maximum atomic E-state index is 13.7. The molecule has 1 fully saturated rings. The molecule has 0 aromatic heterocycles. The van der Waals surface area contributed by atoms with Gasteiger partial charge in [0.1, 0.15) is 5.82 Å². The minimum absolute atomic E-state index is 0.334. The highest BCUT2D eigenvalue weighted by molar-refractivity contribution is 5.48. The van der Waals surface area contributed by atoms with Gasteiger partial charge in [0, 0.05) is 6.54 Å². The van der Waals surface area contributed by atoms with E-state index in [-0.39, 0.29) is 5.82 Å². The van der Waals surface area contributed by atoms with Crippen molar-refractivity contribution in [3.05, 3.63) is 29.6 Å². The first-order chi connectivity index (χ1) is 8.69. The van der Waals surface area contributed by atoms with Gasteiger partial charge in [0.25, 0.3) is 0 Å². The molecule has 2 rings (SSSR count). The molecule has 0 aliphatic heterocycles. The third kappa shape index (κ3) is 2.64. The fraction of sp³-hybridized carbons (Fsp3) is 0.533. The van der Waals surface area contributed by atoms with Crippen LogP contribution in [0.5, 0.6) is 0 Å². The lowest BCUT2D eigenvalue weighted by Gasteiger charge is -2.28. The minimum Gasteiger partial charge on any atom is -0.382 e. The van der Waals surface area contributed by atoms with E-state index in [2.05, 4.69) is 12.2 Å². The van der Waals surface area contributed by atoms with Crippen LogP contribution >= 0.6 is 0 Å². The van der Waals surface area contributed by atoms with Crippen molar-refractivity contribution in [3.8, 4) is 6.07 Å².